The molecule has 1 aromatic rings. The molecule has 0 radical (unpaired) electrons. The van der Waals surface area contributed by atoms with Gasteiger partial charge in [-0.1, -0.05) is 25.7 Å². The third-order valence-corrected chi connectivity index (χ3v) is 3.87. The summed E-state index contributed by atoms with van der Waals surface area (Å²) in [5, 5.41) is 2.82. The van der Waals surface area contributed by atoms with E-state index >= 15 is 0 Å². The fourth-order valence-electron chi connectivity index (χ4n) is 2.63. The number of anilines is 1. The van der Waals surface area contributed by atoms with Gasteiger partial charge in [-0.05, 0) is 38.1 Å². The molecule has 0 aromatic carbocycles. The molecule has 1 amide bonds. The second kappa shape index (κ2) is 7.87. The molecular formula is C17H24N4O. The molecule has 1 aromatic heterocycles. The molecule has 1 saturated heterocycles. The Morgan fingerprint density at radius 3 is 2.73 bits per heavy atom. The quantitative estimate of drug-likeness (QED) is 0.844. The first kappa shape index (κ1) is 16.4. The Hall–Kier alpha value is -1.98. The summed E-state index contributed by atoms with van der Waals surface area (Å²) in [6.45, 7) is 10.1. The van der Waals surface area contributed by atoms with Crippen molar-refractivity contribution in [1.29, 1.82) is 0 Å². The second-order valence-corrected chi connectivity index (χ2v) is 5.56. The van der Waals surface area contributed by atoms with E-state index in [1.165, 1.54) is 19.3 Å². The smallest absolute Gasteiger partial charge is 0.242 e. The summed E-state index contributed by atoms with van der Waals surface area (Å²) in [6, 6.07) is 1.28. The number of nitrogens with two attached hydrogens (primary N) is 1. The fraction of sp³-hybridized carbons (Fsp3) is 0.412. The van der Waals surface area contributed by atoms with Crippen LogP contribution in [-0.2, 0) is 4.79 Å². The van der Waals surface area contributed by atoms with Crippen LogP contribution in [0.3, 0.4) is 0 Å². The minimum absolute atomic E-state index is 0.186. The molecule has 0 saturated carbocycles. The van der Waals surface area contributed by atoms with E-state index < -0.39 is 6.04 Å². The van der Waals surface area contributed by atoms with Gasteiger partial charge in [0.1, 0.15) is 0 Å². The number of carbonyl (C=O) groups excluding carboxylic acids is 1. The Morgan fingerprint density at radius 1 is 1.36 bits per heavy atom. The Morgan fingerprint density at radius 2 is 2.09 bits per heavy atom. The van der Waals surface area contributed by atoms with Crippen molar-refractivity contribution in [1.82, 2.24) is 9.88 Å². The lowest BCUT2D eigenvalue weighted by Crippen LogP contribution is -2.46. The van der Waals surface area contributed by atoms with Crippen LogP contribution in [0.15, 0.2) is 25.4 Å². The molecule has 2 heterocycles. The largest absolute Gasteiger partial charge is 0.323 e. The zero-order valence-corrected chi connectivity index (χ0v) is 12.9. The van der Waals surface area contributed by atoms with Gasteiger partial charge >= 0.3 is 0 Å². The molecule has 0 bridgehead atoms. The standard InChI is InChI=1S/C17H24N4O/c1-3-13-10-14(11-19-16(13)4-2)20-17(22)15(18)12-21-8-6-5-7-9-21/h3-4,10-11,15H,1-2,5-9,12,18H2,(H,20,22). The van der Waals surface area contributed by atoms with Crippen LogP contribution in [0.1, 0.15) is 30.5 Å². The number of likely N-dealkylation sites (tertiary alicyclic amines) is 1. The van der Waals surface area contributed by atoms with E-state index in [0.717, 1.165) is 24.3 Å². The topological polar surface area (TPSA) is 71.2 Å². The Balaban J connectivity index is 1.95. The van der Waals surface area contributed by atoms with Gasteiger partial charge in [-0.15, -0.1) is 0 Å². The highest BCUT2D eigenvalue weighted by Gasteiger charge is 2.19. The zero-order chi connectivity index (χ0) is 15.9. The van der Waals surface area contributed by atoms with Crippen LogP contribution in [-0.4, -0.2) is 41.5 Å². The van der Waals surface area contributed by atoms with Crippen LogP contribution in [0.25, 0.3) is 12.2 Å². The number of nitrogens with one attached hydrogen (secondary N) is 1. The van der Waals surface area contributed by atoms with E-state index in [1.54, 1.807) is 18.3 Å². The van der Waals surface area contributed by atoms with E-state index in [2.05, 4.69) is 28.4 Å². The van der Waals surface area contributed by atoms with Gasteiger partial charge in [-0.25, -0.2) is 0 Å². The molecule has 118 valence electrons. The highest BCUT2D eigenvalue weighted by atomic mass is 16.2. The summed E-state index contributed by atoms with van der Waals surface area (Å²) in [6.07, 6.45) is 8.59. The molecule has 5 nitrogen and oxygen atoms in total. The highest BCUT2D eigenvalue weighted by molar-refractivity contribution is 5.95. The number of rotatable bonds is 6. The summed E-state index contributed by atoms with van der Waals surface area (Å²) in [4.78, 5) is 18.7. The number of hydrogen-bond acceptors (Lipinski definition) is 4. The number of piperidine rings is 1. The number of aromatic nitrogens is 1. The highest BCUT2D eigenvalue weighted by Crippen LogP contribution is 2.15. The van der Waals surface area contributed by atoms with E-state index in [4.69, 9.17) is 5.73 Å². The maximum atomic E-state index is 12.2. The van der Waals surface area contributed by atoms with Crippen LogP contribution in [0.4, 0.5) is 5.69 Å². The van der Waals surface area contributed by atoms with Gasteiger partial charge in [0.2, 0.25) is 5.91 Å². The monoisotopic (exact) mass is 300 g/mol. The summed E-state index contributed by atoms with van der Waals surface area (Å²) in [7, 11) is 0. The molecule has 1 fully saturated rings. The molecule has 0 spiro atoms. The van der Waals surface area contributed by atoms with Crippen molar-refractivity contribution in [3.05, 3.63) is 36.7 Å². The Kier molecular flexibility index (Phi) is 5.86. The van der Waals surface area contributed by atoms with E-state index in [9.17, 15) is 4.79 Å². The molecule has 0 aliphatic carbocycles. The number of carbonyl (C=O) groups is 1. The maximum Gasteiger partial charge on any atom is 0.242 e. The van der Waals surface area contributed by atoms with Gasteiger partial charge in [-0.3, -0.25) is 9.78 Å². The van der Waals surface area contributed by atoms with Gasteiger partial charge in [0.05, 0.1) is 23.6 Å². The zero-order valence-electron chi connectivity index (χ0n) is 12.9. The number of amides is 1. The summed E-state index contributed by atoms with van der Waals surface area (Å²) >= 11 is 0. The number of nitrogens with zero attached hydrogens (tertiary/aromatic N) is 2. The first-order valence-electron chi connectivity index (χ1n) is 7.67. The predicted octanol–water partition coefficient (Wildman–Crippen LogP) is 2.12. The minimum atomic E-state index is -0.538. The molecule has 1 aliphatic rings. The SMILES string of the molecule is C=Cc1cc(NC(=O)C(N)CN2CCCCC2)cnc1C=C. The average Bonchev–Trinajstić information content (AvgIpc) is 2.55. The van der Waals surface area contributed by atoms with Crippen molar-refractivity contribution >= 4 is 23.7 Å². The maximum absolute atomic E-state index is 12.2. The van der Waals surface area contributed by atoms with Crippen LogP contribution in [0.2, 0.25) is 0 Å². The molecule has 3 N–H and O–H groups in total. The Bertz CT molecular complexity index is 550. The summed E-state index contributed by atoms with van der Waals surface area (Å²) in [5.74, 6) is -0.186. The third-order valence-electron chi connectivity index (χ3n) is 3.87. The molecule has 5 heteroatoms. The number of hydrogen-bond donors (Lipinski definition) is 2. The third kappa shape index (κ3) is 4.26. The molecule has 1 unspecified atom stereocenters. The van der Waals surface area contributed by atoms with Crippen LogP contribution >= 0.6 is 0 Å². The molecule has 1 aliphatic heterocycles. The fourth-order valence-corrected chi connectivity index (χ4v) is 2.63. The Labute approximate surface area is 131 Å². The lowest BCUT2D eigenvalue weighted by Gasteiger charge is -2.28. The van der Waals surface area contributed by atoms with Crippen LogP contribution < -0.4 is 11.1 Å². The van der Waals surface area contributed by atoms with Crippen molar-refractivity contribution in [3.63, 3.8) is 0 Å². The summed E-state index contributed by atoms with van der Waals surface area (Å²) in [5.41, 5.74) is 8.21. The van der Waals surface area contributed by atoms with E-state index in [1.807, 2.05) is 6.07 Å². The van der Waals surface area contributed by atoms with Gasteiger partial charge < -0.3 is 16.0 Å². The van der Waals surface area contributed by atoms with Gasteiger partial charge in [0.15, 0.2) is 0 Å². The first-order chi connectivity index (χ1) is 10.6. The van der Waals surface area contributed by atoms with E-state index in [0.29, 0.717) is 12.2 Å². The van der Waals surface area contributed by atoms with Crippen molar-refractivity contribution in [3.8, 4) is 0 Å². The van der Waals surface area contributed by atoms with Crippen molar-refractivity contribution in [2.75, 3.05) is 25.0 Å². The van der Waals surface area contributed by atoms with Crippen molar-refractivity contribution < 1.29 is 4.79 Å². The number of pyridine rings is 1. The normalized spacial score (nSPS) is 16.8. The van der Waals surface area contributed by atoms with Crippen molar-refractivity contribution in [2.45, 2.75) is 25.3 Å². The predicted molar refractivity (Wildman–Crippen MR) is 91.3 cm³/mol. The van der Waals surface area contributed by atoms with Crippen molar-refractivity contribution in [2.24, 2.45) is 5.73 Å². The molecule has 1 atom stereocenters. The van der Waals surface area contributed by atoms with Crippen LogP contribution in [0, 0.1) is 0 Å². The molecular weight excluding hydrogens is 276 g/mol. The second-order valence-electron chi connectivity index (χ2n) is 5.56. The summed E-state index contributed by atoms with van der Waals surface area (Å²) < 4.78 is 0. The minimum Gasteiger partial charge on any atom is -0.323 e. The lowest BCUT2D eigenvalue weighted by atomic mass is 10.1. The van der Waals surface area contributed by atoms with Gasteiger partial charge in [-0.2, -0.15) is 0 Å². The first-order valence-corrected chi connectivity index (χ1v) is 7.67. The molecule has 2 rings (SSSR count). The van der Waals surface area contributed by atoms with Crippen LogP contribution in [0.5, 0.6) is 0 Å². The average molecular weight is 300 g/mol. The van der Waals surface area contributed by atoms with E-state index in [-0.39, 0.29) is 5.91 Å². The lowest BCUT2D eigenvalue weighted by molar-refractivity contribution is -0.117. The van der Waals surface area contributed by atoms with Gasteiger partial charge in [0.25, 0.3) is 0 Å². The van der Waals surface area contributed by atoms with Gasteiger partial charge in [0, 0.05) is 12.1 Å². The molecule has 22 heavy (non-hydrogen) atoms.